The summed E-state index contributed by atoms with van der Waals surface area (Å²) in [6.45, 7) is 4.52. The average Bonchev–Trinajstić information content (AvgIpc) is 2.25. The number of likely N-dealkylation sites (tertiary alicyclic amines) is 1. The topological polar surface area (TPSA) is 43.8 Å². The Hall–Kier alpha value is -0.610. The second-order valence-corrected chi connectivity index (χ2v) is 5.02. The number of likely N-dealkylation sites (N-methyl/N-ethyl adjacent to an activating group) is 1. The van der Waals surface area contributed by atoms with Crippen LogP contribution in [0.15, 0.2) is 0 Å². The van der Waals surface area contributed by atoms with Crippen LogP contribution in [-0.2, 0) is 4.79 Å². The summed E-state index contributed by atoms with van der Waals surface area (Å²) >= 11 is 0. The van der Waals surface area contributed by atoms with Gasteiger partial charge in [0, 0.05) is 19.5 Å². The predicted molar refractivity (Wildman–Crippen MR) is 64.6 cm³/mol. The van der Waals surface area contributed by atoms with E-state index in [-0.39, 0.29) is 0 Å². The number of rotatable bonds is 6. The molecule has 0 atom stereocenters. The molecule has 94 valence electrons. The molecule has 0 spiro atoms. The highest BCUT2D eigenvalue weighted by Gasteiger charge is 2.19. The lowest BCUT2D eigenvalue weighted by Crippen LogP contribution is -2.38. The predicted octanol–water partition coefficient (Wildman–Crippen LogP) is 1.12. The molecule has 1 fully saturated rings. The van der Waals surface area contributed by atoms with Crippen LogP contribution in [-0.4, -0.2) is 61.2 Å². The van der Waals surface area contributed by atoms with Gasteiger partial charge in [0.1, 0.15) is 0 Å². The van der Waals surface area contributed by atoms with Crippen LogP contribution in [0, 0.1) is 5.92 Å². The minimum Gasteiger partial charge on any atom is -0.481 e. The number of nitrogens with zero attached hydrogens (tertiary/aromatic N) is 2. The lowest BCUT2D eigenvalue weighted by molar-refractivity contribution is -0.137. The minimum atomic E-state index is -0.657. The van der Waals surface area contributed by atoms with E-state index in [0.29, 0.717) is 12.3 Å². The van der Waals surface area contributed by atoms with Crippen LogP contribution in [0.1, 0.15) is 25.7 Å². The second kappa shape index (κ2) is 6.86. The molecule has 1 aliphatic heterocycles. The Balaban J connectivity index is 2.11. The molecule has 4 nitrogen and oxygen atoms in total. The zero-order valence-electron chi connectivity index (χ0n) is 10.5. The monoisotopic (exact) mass is 228 g/mol. The van der Waals surface area contributed by atoms with E-state index in [1.54, 1.807) is 0 Å². The summed E-state index contributed by atoms with van der Waals surface area (Å²) in [5.41, 5.74) is 0. The molecule has 1 aliphatic rings. The number of hydrogen-bond acceptors (Lipinski definition) is 3. The molecule has 0 saturated carbocycles. The fraction of sp³-hybridized carbons (Fsp3) is 0.917. The molecule has 0 radical (unpaired) electrons. The van der Waals surface area contributed by atoms with Gasteiger partial charge in [-0.05, 0) is 52.4 Å². The molecule has 1 saturated heterocycles. The largest absolute Gasteiger partial charge is 0.481 e. The molecule has 0 aromatic rings. The van der Waals surface area contributed by atoms with Crippen LogP contribution < -0.4 is 0 Å². The van der Waals surface area contributed by atoms with Crippen molar-refractivity contribution >= 4 is 5.97 Å². The van der Waals surface area contributed by atoms with Crippen molar-refractivity contribution in [2.24, 2.45) is 5.92 Å². The highest BCUT2D eigenvalue weighted by atomic mass is 16.4. The second-order valence-electron chi connectivity index (χ2n) is 5.02. The number of hydrogen-bond donors (Lipinski definition) is 1. The van der Waals surface area contributed by atoms with Crippen LogP contribution in [0.3, 0.4) is 0 Å². The Morgan fingerprint density at radius 3 is 2.50 bits per heavy atom. The van der Waals surface area contributed by atoms with Crippen molar-refractivity contribution in [3.8, 4) is 0 Å². The summed E-state index contributed by atoms with van der Waals surface area (Å²) in [6.07, 6.45) is 3.53. The first-order chi connectivity index (χ1) is 7.58. The van der Waals surface area contributed by atoms with Gasteiger partial charge in [-0.1, -0.05) is 0 Å². The van der Waals surface area contributed by atoms with E-state index in [2.05, 4.69) is 23.9 Å². The van der Waals surface area contributed by atoms with E-state index >= 15 is 0 Å². The van der Waals surface area contributed by atoms with Crippen molar-refractivity contribution in [3.05, 3.63) is 0 Å². The number of carboxylic acid groups (broad SMARTS) is 1. The SMILES string of the molecule is CN(C)CCN1CCC(CCC(=O)O)CC1. The van der Waals surface area contributed by atoms with Gasteiger partial charge in [-0.3, -0.25) is 4.79 Å². The first kappa shape index (κ1) is 13.5. The Labute approximate surface area is 98.2 Å². The van der Waals surface area contributed by atoms with Crippen molar-refractivity contribution in [2.75, 3.05) is 40.3 Å². The van der Waals surface area contributed by atoms with Crippen LogP contribution >= 0.6 is 0 Å². The molecule has 0 bridgehead atoms. The van der Waals surface area contributed by atoms with Crippen molar-refractivity contribution in [3.63, 3.8) is 0 Å². The van der Waals surface area contributed by atoms with E-state index in [9.17, 15) is 4.79 Å². The van der Waals surface area contributed by atoms with Gasteiger partial charge in [-0.25, -0.2) is 0 Å². The summed E-state index contributed by atoms with van der Waals surface area (Å²) in [5, 5.41) is 8.63. The van der Waals surface area contributed by atoms with E-state index in [0.717, 1.165) is 32.6 Å². The Kier molecular flexibility index (Phi) is 5.77. The maximum Gasteiger partial charge on any atom is 0.303 e. The number of carboxylic acids is 1. The smallest absolute Gasteiger partial charge is 0.303 e. The fourth-order valence-electron chi connectivity index (χ4n) is 2.17. The van der Waals surface area contributed by atoms with Crippen molar-refractivity contribution in [1.29, 1.82) is 0 Å². The van der Waals surface area contributed by atoms with Gasteiger partial charge >= 0.3 is 5.97 Å². The first-order valence-electron chi connectivity index (χ1n) is 6.17. The summed E-state index contributed by atoms with van der Waals surface area (Å²) in [7, 11) is 4.19. The molecule has 1 rings (SSSR count). The van der Waals surface area contributed by atoms with E-state index in [4.69, 9.17) is 5.11 Å². The van der Waals surface area contributed by atoms with Crippen molar-refractivity contribution in [1.82, 2.24) is 9.80 Å². The van der Waals surface area contributed by atoms with Gasteiger partial charge < -0.3 is 14.9 Å². The zero-order valence-corrected chi connectivity index (χ0v) is 10.5. The third-order valence-corrected chi connectivity index (χ3v) is 3.34. The van der Waals surface area contributed by atoms with Gasteiger partial charge in [0.25, 0.3) is 0 Å². The molecule has 0 aromatic carbocycles. The number of aliphatic carboxylic acids is 1. The molecule has 16 heavy (non-hydrogen) atoms. The Morgan fingerprint density at radius 1 is 1.38 bits per heavy atom. The molecular formula is C12H24N2O2. The maximum absolute atomic E-state index is 10.5. The van der Waals surface area contributed by atoms with Crippen LogP contribution in [0.4, 0.5) is 0 Å². The van der Waals surface area contributed by atoms with Gasteiger partial charge in [-0.15, -0.1) is 0 Å². The molecule has 1 N–H and O–H groups in total. The van der Waals surface area contributed by atoms with Gasteiger partial charge in [0.2, 0.25) is 0 Å². The molecule has 0 unspecified atom stereocenters. The standard InChI is InChI=1S/C12H24N2O2/c1-13(2)9-10-14-7-5-11(6-8-14)3-4-12(15)16/h11H,3-10H2,1-2H3,(H,15,16). The van der Waals surface area contributed by atoms with E-state index in [1.807, 2.05) is 0 Å². The van der Waals surface area contributed by atoms with Crippen LogP contribution in [0.25, 0.3) is 0 Å². The van der Waals surface area contributed by atoms with E-state index < -0.39 is 5.97 Å². The molecular weight excluding hydrogens is 204 g/mol. The molecule has 0 amide bonds. The lowest BCUT2D eigenvalue weighted by atomic mass is 9.92. The highest BCUT2D eigenvalue weighted by molar-refractivity contribution is 5.66. The number of carbonyl (C=O) groups is 1. The van der Waals surface area contributed by atoms with E-state index in [1.165, 1.54) is 12.8 Å². The number of piperidine rings is 1. The summed E-state index contributed by atoms with van der Waals surface area (Å²) < 4.78 is 0. The quantitative estimate of drug-likeness (QED) is 0.740. The molecule has 0 aliphatic carbocycles. The van der Waals surface area contributed by atoms with Gasteiger partial charge in [0.15, 0.2) is 0 Å². The molecule has 1 heterocycles. The van der Waals surface area contributed by atoms with Gasteiger partial charge in [-0.2, -0.15) is 0 Å². The first-order valence-corrected chi connectivity index (χ1v) is 6.17. The highest BCUT2D eigenvalue weighted by Crippen LogP contribution is 2.21. The lowest BCUT2D eigenvalue weighted by Gasteiger charge is -2.32. The van der Waals surface area contributed by atoms with Crippen LogP contribution in [0.5, 0.6) is 0 Å². The summed E-state index contributed by atoms with van der Waals surface area (Å²) in [6, 6.07) is 0. The molecule has 0 aromatic heterocycles. The van der Waals surface area contributed by atoms with Crippen molar-refractivity contribution < 1.29 is 9.90 Å². The maximum atomic E-state index is 10.5. The van der Waals surface area contributed by atoms with Crippen LogP contribution in [0.2, 0.25) is 0 Å². The summed E-state index contributed by atoms with van der Waals surface area (Å²) in [5.74, 6) is -0.0262. The Bertz CT molecular complexity index is 211. The van der Waals surface area contributed by atoms with Gasteiger partial charge in [0.05, 0.1) is 0 Å². The minimum absolute atomic E-state index is 0.336. The average molecular weight is 228 g/mol. The third-order valence-electron chi connectivity index (χ3n) is 3.34. The zero-order chi connectivity index (χ0) is 12.0. The van der Waals surface area contributed by atoms with Crippen molar-refractivity contribution in [2.45, 2.75) is 25.7 Å². The molecule has 4 heteroatoms. The third kappa shape index (κ3) is 5.47. The Morgan fingerprint density at radius 2 is 2.00 bits per heavy atom. The summed E-state index contributed by atoms with van der Waals surface area (Å²) in [4.78, 5) is 15.2. The fourth-order valence-corrected chi connectivity index (χ4v) is 2.17. The normalized spacial score (nSPS) is 19.2.